The van der Waals surface area contributed by atoms with Gasteiger partial charge in [0.1, 0.15) is 53.2 Å². The summed E-state index contributed by atoms with van der Waals surface area (Å²) >= 11 is 0. The second-order valence-corrected chi connectivity index (χ2v) is 29.0. The Morgan fingerprint density at radius 3 is 1.77 bits per heavy atom. The summed E-state index contributed by atoms with van der Waals surface area (Å²) in [7, 11) is 3.40. The molecule has 3 aromatic rings. The standard InChI is InChI=1S/C66H104N2O13P/c1-14-54-66(10,75)59(71)48(6)68(55(69)38-30-19-17-15-16-18-20-31-39-82(50-32-24-21-25-33-50,51-34-26-22-27-35-51)52-36-28-23-29-37-52)43-44(2)41-64(8,74)61(81-63-57(70)53(67(11)12)40-45(3)77-63)46(4)58(47(5)62(73)79-54)80-56-42-65(9,76-13)60(72)49(7)78-56/h21-29,32-37,44-49,53-54,56-61,63,70-72,74-75H,14-20,30-31,38-43H2,1-13H3/q+1/t44-,45-,46+,47-,48-,49+,53+,54-,56+,57-,58+,59-,60+,61-,63+,64-,65-,66-/m1/s1. The van der Waals surface area contributed by atoms with Crippen molar-refractivity contribution in [2.75, 3.05) is 33.9 Å². The number of rotatable bonds is 21. The van der Waals surface area contributed by atoms with Crippen molar-refractivity contribution in [3.63, 3.8) is 0 Å². The van der Waals surface area contributed by atoms with Gasteiger partial charge in [-0.25, -0.2) is 0 Å². The third-order valence-electron chi connectivity index (χ3n) is 18.5. The first-order valence-corrected chi connectivity index (χ1v) is 32.7. The van der Waals surface area contributed by atoms with Crippen molar-refractivity contribution in [3.05, 3.63) is 91.0 Å². The van der Waals surface area contributed by atoms with Gasteiger partial charge in [0.05, 0.1) is 53.7 Å². The van der Waals surface area contributed by atoms with Crippen LogP contribution in [0.2, 0.25) is 0 Å². The molecule has 3 fully saturated rings. The van der Waals surface area contributed by atoms with Crippen molar-refractivity contribution in [2.24, 2.45) is 17.8 Å². The smallest absolute Gasteiger partial charge is 0.311 e. The Morgan fingerprint density at radius 2 is 1.26 bits per heavy atom. The zero-order valence-corrected chi connectivity index (χ0v) is 52.7. The van der Waals surface area contributed by atoms with E-state index < -0.39 is 109 Å². The van der Waals surface area contributed by atoms with Gasteiger partial charge >= 0.3 is 5.97 Å². The fraction of sp³-hybridized carbons (Fsp3) is 0.697. The molecule has 6 rings (SSSR count). The van der Waals surface area contributed by atoms with Crippen LogP contribution in [0.5, 0.6) is 0 Å². The number of hydrogen-bond acceptors (Lipinski definition) is 14. The summed E-state index contributed by atoms with van der Waals surface area (Å²) in [5, 5.41) is 64.8. The topological polar surface area (TPSA) is 197 Å². The van der Waals surface area contributed by atoms with Crippen molar-refractivity contribution in [2.45, 2.75) is 243 Å². The molecule has 18 atom stereocenters. The average Bonchev–Trinajstić information content (AvgIpc) is 3.56. The van der Waals surface area contributed by atoms with Crippen LogP contribution in [0.15, 0.2) is 91.0 Å². The third-order valence-corrected chi connectivity index (χ3v) is 23.0. The Hall–Kier alpha value is -3.41. The van der Waals surface area contributed by atoms with E-state index in [2.05, 4.69) is 91.0 Å². The van der Waals surface area contributed by atoms with Gasteiger partial charge in [0.15, 0.2) is 12.6 Å². The van der Waals surface area contributed by atoms with Gasteiger partial charge < -0.3 is 63.8 Å². The first kappa shape index (κ1) is 67.7. The number of carbonyl (C=O) groups is 2. The van der Waals surface area contributed by atoms with Gasteiger partial charge in [0, 0.05) is 38.5 Å². The first-order valence-electron chi connectivity index (χ1n) is 30.7. The van der Waals surface area contributed by atoms with Crippen molar-refractivity contribution >= 4 is 35.1 Å². The number of aliphatic hydroxyl groups is 5. The number of aliphatic hydroxyl groups excluding tert-OH is 3. The lowest BCUT2D eigenvalue weighted by Crippen LogP contribution is -2.60. The number of amides is 1. The molecule has 15 nitrogen and oxygen atoms in total. The molecular weight excluding hydrogens is 1060 g/mol. The number of nitrogens with zero attached hydrogens (tertiary/aromatic N) is 2. The monoisotopic (exact) mass is 1160 g/mol. The predicted octanol–water partition coefficient (Wildman–Crippen LogP) is 8.30. The fourth-order valence-electron chi connectivity index (χ4n) is 13.6. The van der Waals surface area contributed by atoms with Crippen LogP contribution >= 0.6 is 7.26 Å². The first-order chi connectivity index (χ1) is 38.8. The molecule has 82 heavy (non-hydrogen) atoms. The Morgan fingerprint density at radius 1 is 0.732 bits per heavy atom. The third kappa shape index (κ3) is 16.4. The molecule has 0 spiro atoms. The highest BCUT2D eigenvalue weighted by Gasteiger charge is 2.53. The SMILES string of the molecule is CC[C@H]1OC(=O)[C@H](C)[C@@H](O[C@H]2C[C@@](C)(OC)[C@@H](O)[C@H](C)O2)[C@H](C)[C@@H](O[C@@H]2O[C@H](C)C[C@H](N(C)C)[C@H]2O)[C@](C)(O)C[C@@H](C)CN(C(=O)CCCCCCCCCC[P+](c2ccccc2)(c2ccccc2)c2ccccc2)[C@H](C)[C@@H](O)[C@]1(C)O. The predicted molar refractivity (Wildman–Crippen MR) is 325 cm³/mol. The molecule has 0 saturated carbocycles. The van der Waals surface area contributed by atoms with Crippen LogP contribution in [0.1, 0.15) is 153 Å². The fourth-order valence-corrected chi connectivity index (χ4v) is 18.0. The molecule has 0 aliphatic carbocycles. The molecule has 0 bridgehead atoms. The van der Waals surface area contributed by atoms with Crippen molar-refractivity contribution < 1.29 is 63.5 Å². The highest BCUT2D eigenvalue weighted by Crippen LogP contribution is 2.56. The van der Waals surface area contributed by atoms with Gasteiger partial charge in [-0.15, -0.1) is 0 Å². The van der Waals surface area contributed by atoms with Crippen LogP contribution in [-0.2, 0) is 38.0 Å². The maximum Gasteiger partial charge on any atom is 0.311 e. The molecule has 3 heterocycles. The van der Waals surface area contributed by atoms with Gasteiger partial charge in [-0.3, -0.25) is 9.59 Å². The minimum absolute atomic E-state index is 0.0714. The van der Waals surface area contributed by atoms with E-state index in [4.69, 9.17) is 28.4 Å². The summed E-state index contributed by atoms with van der Waals surface area (Å²) < 4.78 is 38.3. The van der Waals surface area contributed by atoms with E-state index in [1.807, 2.05) is 32.8 Å². The number of methoxy groups -OCH3 is 1. The van der Waals surface area contributed by atoms with E-state index in [1.54, 1.807) is 53.4 Å². The molecular formula is C66H104N2O13P+. The quantitative estimate of drug-likeness (QED) is 0.0388. The lowest BCUT2D eigenvalue weighted by atomic mass is 9.77. The number of unbranched alkanes of at least 4 members (excludes halogenated alkanes) is 7. The minimum Gasteiger partial charge on any atom is -0.459 e. The molecule has 3 saturated heterocycles. The molecule has 3 aromatic carbocycles. The molecule has 1 amide bonds. The summed E-state index contributed by atoms with van der Waals surface area (Å²) in [5.41, 5.74) is -4.80. The normalized spacial score (nSPS) is 35.6. The highest BCUT2D eigenvalue weighted by molar-refractivity contribution is 7.95. The molecule has 460 valence electrons. The summed E-state index contributed by atoms with van der Waals surface area (Å²) in [6.45, 7) is 17.4. The Bertz CT molecular complexity index is 2290. The van der Waals surface area contributed by atoms with Crippen LogP contribution in [-0.4, -0.2) is 171 Å². The van der Waals surface area contributed by atoms with E-state index in [9.17, 15) is 35.1 Å². The van der Waals surface area contributed by atoms with Gasteiger partial charge in [-0.1, -0.05) is 107 Å². The van der Waals surface area contributed by atoms with E-state index in [0.29, 0.717) is 12.8 Å². The Labute approximate surface area is 492 Å². The molecule has 0 aromatic heterocycles. The van der Waals surface area contributed by atoms with E-state index in [0.717, 1.165) is 51.1 Å². The van der Waals surface area contributed by atoms with Crippen LogP contribution in [0.3, 0.4) is 0 Å². The Kier molecular flexibility index (Phi) is 25.0. The number of ether oxygens (including phenoxy) is 6. The zero-order valence-electron chi connectivity index (χ0n) is 51.8. The maximum atomic E-state index is 14.7. The van der Waals surface area contributed by atoms with Crippen molar-refractivity contribution in [1.82, 2.24) is 9.80 Å². The van der Waals surface area contributed by atoms with Gasteiger partial charge in [0.25, 0.3) is 0 Å². The van der Waals surface area contributed by atoms with Crippen molar-refractivity contribution in [3.8, 4) is 0 Å². The van der Waals surface area contributed by atoms with Crippen LogP contribution in [0.25, 0.3) is 0 Å². The number of esters is 1. The summed E-state index contributed by atoms with van der Waals surface area (Å²) in [6.07, 6.45) is -0.156. The maximum absolute atomic E-state index is 14.7. The summed E-state index contributed by atoms with van der Waals surface area (Å²) in [5.74, 6) is -3.28. The van der Waals surface area contributed by atoms with Gasteiger partial charge in [0.2, 0.25) is 5.91 Å². The lowest BCUT2D eigenvalue weighted by molar-refractivity contribution is -0.318. The molecule has 16 heteroatoms. The zero-order chi connectivity index (χ0) is 60.2. The van der Waals surface area contributed by atoms with Gasteiger partial charge in [-0.2, -0.15) is 0 Å². The van der Waals surface area contributed by atoms with Crippen LogP contribution in [0, 0.1) is 17.8 Å². The average molecular weight is 1160 g/mol. The number of benzene rings is 3. The van der Waals surface area contributed by atoms with Crippen LogP contribution < -0.4 is 15.9 Å². The largest absolute Gasteiger partial charge is 0.459 e. The number of carbonyl (C=O) groups excluding carboxylic acids is 2. The molecule has 5 N–H and O–H groups in total. The molecule has 0 unspecified atom stereocenters. The number of hydrogen-bond donors (Lipinski definition) is 5. The van der Waals surface area contributed by atoms with E-state index >= 15 is 0 Å². The van der Waals surface area contributed by atoms with E-state index in [-0.39, 0.29) is 50.3 Å². The highest BCUT2D eigenvalue weighted by atomic mass is 31.2. The minimum atomic E-state index is -2.01. The summed E-state index contributed by atoms with van der Waals surface area (Å²) in [4.78, 5) is 32.9. The second-order valence-electron chi connectivity index (χ2n) is 25.4. The second kappa shape index (κ2) is 30.3. The molecule has 3 aliphatic rings. The van der Waals surface area contributed by atoms with Crippen LogP contribution in [0.4, 0.5) is 0 Å². The van der Waals surface area contributed by atoms with Gasteiger partial charge in [-0.05, 0) is 143 Å². The van der Waals surface area contributed by atoms with E-state index in [1.165, 1.54) is 29.9 Å². The number of likely N-dealkylation sites (N-methyl/N-ethyl adjacent to an activating group) is 1. The summed E-state index contributed by atoms with van der Waals surface area (Å²) in [6, 6.07) is 31.8. The molecule has 0 radical (unpaired) electrons. The Balaban J connectivity index is 1.18. The van der Waals surface area contributed by atoms with Crippen molar-refractivity contribution in [1.29, 1.82) is 0 Å². The lowest BCUT2D eigenvalue weighted by Gasteiger charge is -2.48. The number of cyclic esters (lactones) is 1. The molecule has 3 aliphatic heterocycles.